The summed E-state index contributed by atoms with van der Waals surface area (Å²) in [5, 5.41) is 4.30. The molecule has 0 atom stereocenters. The van der Waals surface area contributed by atoms with Crippen LogP contribution < -0.4 is 5.32 Å². The van der Waals surface area contributed by atoms with Gasteiger partial charge in [0.25, 0.3) is 0 Å². The van der Waals surface area contributed by atoms with E-state index >= 15 is 0 Å². The molecule has 1 aliphatic carbocycles. The van der Waals surface area contributed by atoms with Crippen LogP contribution in [0.2, 0.25) is 5.02 Å². The van der Waals surface area contributed by atoms with E-state index in [1.807, 2.05) is 31.2 Å². The molecular formula is C17H25Cl2NO2. The Morgan fingerprint density at radius 2 is 1.95 bits per heavy atom. The fourth-order valence-electron chi connectivity index (χ4n) is 2.92. The summed E-state index contributed by atoms with van der Waals surface area (Å²) in [6, 6.07) is 7.92. The van der Waals surface area contributed by atoms with E-state index in [9.17, 15) is 4.79 Å². The van der Waals surface area contributed by atoms with Gasteiger partial charge in [-0.1, -0.05) is 29.8 Å². The number of hydrogen-bond acceptors (Lipinski definition) is 3. The van der Waals surface area contributed by atoms with Gasteiger partial charge in [0.1, 0.15) is 0 Å². The van der Waals surface area contributed by atoms with Crippen LogP contribution in [-0.4, -0.2) is 19.1 Å². The Labute approximate surface area is 144 Å². The van der Waals surface area contributed by atoms with Crippen LogP contribution in [0, 0.1) is 11.8 Å². The summed E-state index contributed by atoms with van der Waals surface area (Å²) < 4.78 is 5.10. The van der Waals surface area contributed by atoms with E-state index in [0.717, 1.165) is 49.4 Å². The first-order chi connectivity index (χ1) is 10.2. The van der Waals surface area contributed by atoms with Gasteiger partial charge in [-0.3, -0.25) is 4.79 Å². The first-order valence-electron chi connectivity index (χ1n) is 7.81. The molecule has 22 heavy (non-hydrogen) atoms. The third-order valence-corrected chi connectivity index (χ3v) is 4.54. The first kappa shape index (κ1) is 19.3. The Balaban J connectivity index is 0.00000242. The first-order valence-corrected chi connectivity index (χ1v) is 8.19. The molecule has 1 aromatic rings. The van der Waals surface area contributed by atoms with Crippen LogP contribution in [0.4, 0.5) is 0 Å². The predicted octanol–water partition coefficient (Wildman–Crippen LogP) is 4.22. The minimum absolute atomic E-state index is 0. The molecule has 0 heterocycles. The topological polar surface area (TPSA) is 38.3 Å². The Kier molecular flexibility index (Phi) is 8.84. The van der Waals surface area contributed by atoms with Gasteiger partial charge in [-0.25, -0.2) is 0 Å². The number of esters is 1. The largest absolute Gasteiger partial charge is 0.466 e. The van der Waals surface area contributed by atoms with Crippen LogP contribution in [0.25, 0.3) is 0 Å². The van der Waals surface area contributed by atoms with E-state index in [4.69, 9.17) is 16.3 Å². The molecule has 1 aliphatic rings. The summed E-state index contributed by atoms with van der Waals surface area (Å²) >= 11 is 6.14. The van der Waals surface area contributed by atoms with E-state index in [0.29, 0.717) is 12.5 Å². The summed E-state index contributed by atoms with van der Waals surface area (Å²) in [4.78, 5) is 11.7. The maximum Gasteiger partial charge on any atom is 0.308 e. The molecule has 0 radical (unpaired) electrons. The van der Waals surface area contributed by atoms with Gasteiger partial charge in [-0.05, 0) is 56.7 Å². The number of rotatable bonds is 6. The molecule has 0 bridgehead atoms. The van der Waals surface area contributed by atoms with Crippen molar-refractivity contribution in [3.05, 3.63) is 34.9 Å². The zero-order chi connectivity index (χ0) is 15.1. The van der Waals surface area contributed by atoms with Gasteiger partial charge in [-0.2, -0.15) is 0 Å². The van der Waals surface area contributed by atoms with E-state index in [2.05, 4.69) is 5.32 Å². The van der Waals surface area contributed by atoms with E-state index in [-0.39, 0.29) is 24.3 Å². The molecular weight excluding hydrogens is 321 g/mol. The predicted molar refractivity (Wildman–Crippen MR) is 92.5 cm³/mol. The monoisotopic (exact) mass is 345 g/mol. The number of hydrogen-bond donors (Lipinski definition) is 1. The van der Waals surface area contributed by atoms with Gasteiger partial charge < -0.3 is 10.1 Å². The average Bonchev–Trinajstić information content (AvgIpc) is 2.50. The second kappa shape index (κ2) is 10.1. The van der Waals surface area contributed by atoms with Crippen molar-refractivity contribution in [3.63, 3.8) is 0 Å². The molecule has 124 valence electrons. The number of halogens is 2. The minimum atomic E-state index is -0.0139. The molecule has 0 aliphatic heterocycles. The Morgan fingerprint density at radius 1 is 1.27 bits per heavy atom. The molecule has 2 rings (SSSR count). The Bertz CT molecular complexity index is 460. The number of carbonyl (C=O) groups excluding carboxylic acids is 1. The highest BCUT2D eigenvalue weighted by Gasteiger charge is 2.26. The van der Waals surface area contributed by atoms with Crippen LogP contribution in [0.3, 0.4) is 0 Å². The number of benzene rings is 1. The zero-order valence-corrected chi connectivity index (χ0v) is 14.6. The molecule has 0 unspecified atom stereocenters. The molecule has 0 spiro atoms. The average molecular weight is 346 g/mol. The molecule has 0 saturated heterocycles. The third-order valence-electron chi connectivity index (χ3n) is 4.17. The molecule has 1 N–H and O–H groups in total. The van der Waals surface area contributed by atoms with Gasteiger partial charge >= 0.3 is 5.97 Å². The second-order valence-electron chi connectivity index (χ2n) is 5.69. The standard InChI is InChI=1S/C17H24ClNO2.ClH/c1-2-21-17(20)14-9-7-13(8-10-14)11-19-12-15-5-3-4-6-16(15)18;/h3-6,13-14,19H,2,7-12H2,1H3;1H. The van der Waals surface area contributed by atoms with Gasteiger partial charge in [-0.15, -0.1) is 12.4 Å². The molecule has 1 saturated carbocycles. The van der Waals surface area contributed by atoms with E-state index < -0.39 is 0 Å². The lowest BCUT2D eigenvalue weighted by Crippen LogP contribution is -2.29. The summed E-state index contributed by atoms with van der Waals surface area (Å²) in [5.74, 6) is 0.753. The SMILES string of the molecule is CCOC(=O)C1CCC(CNCc2ccccc2Cl)CC1.Cl. The van der Waals surface area contributed by atoms with Crippen molar-refractivity contribution in [3.8, 4) is 0 Å². The van der Waals surface area contributed by atoms with E-state index in [1.165, 1.54) is 0 Å². The summed E-state index contributed by atoms with van der Waals surface area (Å²) in [6.45, 7) is 4.14. The lowest BCUT2D eigenvalue weighted by atomic mass is 9.82. The second-order valence-corrected chi connectivity index (χ2v) is 6.10. The fraction of sp³-hybridized carbons (Fsp3) is 0.588. The molecule has 0 amide bonds. The Morgan fingerprint density at radius 3 is 2.59 bits per heavy atom. The van der Waals surface area contributed by atoms with Crippen LogP contribution >= 0.6 is 24.0 Å². The lowest BCUT2D eigenvalue weighted by molar-refractivity contribution is -0.149. The van der Waals surface area contributed by atoms with Crippen LogP contribution in [0.5, 0.6) is 0 Å². The summed E-state index contributed by atoms with van der Waals surface area (Å²) in [5.41, 5.74) is 1.14. The number of carbonyl (C=O) groups is 1. The molecule has 1 fully saturated rings. The summed E-state index contributed by atoms with van der Waals surface area (Å²) in [7, 11) is 0. The van der Waals surface area contributed by atoms with Gasteiger partial charge in [0.2, 0.25) is 0 Å². The minimum Gasteiger partial charge on any atom is -0.466 e. The van der Waals surface area contributed by atoms with Crippen molar-refractivity contribution < 1.29 is 9.53 Å². The number of ether oxygens (including phenoxy) is 1. The number of nitrogens with one attached hydrogen (secondary N) is 1. The van der Waals surface area contributed by atoms with Crippen molar-refractivity contribution in [1.29, 1.82) is 0 Å². The molecule has 3 nitrogen and oxygen atoms in total. The Hall–Kier alpha value is -0.770. The quantitative estimate of drug-likeness (QED) is 0.784. The maximum atomic E-state index is 11.7. The third kappa shape index (κ3) is 5.79. The van der Waals surface area contributed by atoms with Crippen molar-refractivity contribution in [2.45, 2.75) is 39.2 Å². The fourth-order valence-corrected chi connectivity index (χ4v) is 3.12. The normalized spacial score (nSPS) is 21.0. The molecule has 0 aromatic heterocycles. The highest BCUT2D eigenvalue weighted by atomic mass is 35.5. The van der Waals surface area contributed by atoms with E-state index in [1.54, 1.807) is 0 Å². The smallest absolute Gasteiger partial charge is 0.308 e. The zero-order valence-electron chi connectivity index (χ0n) is 13.0. The highest BCUT2D eigenvalue weighted by molar-refractivity contribution is 6.31. The van der Waals surface area contributed by atoms with Crippen LogP contribution in [0.1, 0.15) is 38.2 Å². The lowest BCUT2D eigenvalue weighted by Gasteiger charge is -2.27. The van der Waals surface area contributed by atoms with Crippen LogP contribution in [0.15, 0.2) is 24.3 Å². The van der Waals surface area contributed by atoms with Gasteiger partial charge in [0.15, 0.2) is 0 Å². The van der Waals surface area contributed by atoms with Crippen molar-refractivity contribution in [2.24, 2.45) is 11.8 Å². The molecule has 1 aromatic carbocycles. The van der Waals surface area contributed by atoms with Crippen LogP contribution in [-0.2, 0) is 16.1 Å². The van der Waals surface area contributed by atoms with Crippen molar-refractivity contribution in [2.75, 3.05) is 13.2 Å². The van der Waals surface area contributed by atoms with Gasteiger partial charge in [0.05, 0.1) is 12.5 Å². The van der Waals surface area contributed by atoms with Crippen molar-refractivity contribution >= 4 is 30.0 Å². The van der Waals surface area contributed by atoms with Crippen molar-refractivity contribution in [1.82, 2.24) is 5.32 Å². The molecule has 5 heteroatoms. The highest BCUT2D eigenvalue weighted by Crippen LogP contribution is 2.29. The summed E-state index contributed by atoms with van der Waals surface area (Å²) in [6.07, 6.45) is 4.10. The van der Waals surface area contributed by atoms with Gasteiger partial charge in [0, 0.05) is 11.6 Å². The maximum absolute atomic E-state index is 11.7.